The van der Waals surface area contributed by atoms with Crippen molar-refractivity contribution in [3.63, 3.8) is 0 Å². The Labute approximate surface area is 321 Å². The van der Waals surface area contributed by atoms with Crippen LogP contribution >= 0.6 is 0 Å². The van der Waals surface area contributed by atoms with Crippen molar-refractivity contribution in [1.29, 1.82) is 0 Å². The van der Waals surface area contributed by atoms with Gasteiger partial charge in [-0.15, -0.1) is 0 Å². The Morgan fingerprint density at radius 1 is 0.943 bits per heavy atom. The molecule has 1 N–H and O–H groups in total. The Hall–Kier alpha value is -1.51. The first-order valence-electron chi connectivity index (χ1n) is 21.3. The lowest BCUT2D eigenvalue weighted by Gasteiger charge is -2.72. The average molecular weight is 755 g/mol. The highest BCUT2D eigenvalue weighted by atomic mass is 32.2. The summed E-state index contributed by atoms with van der Waals surface area (Å²) in [5.41, 5.74) is 4.07. The van der Waals surface area contributed by atoms with Crippen LogP contribution in [0.3, 0.4) is 0 Å². The van der Waals surface area contributed by atoms with Gasteiger partial charge >= 0.3 is 0 Å². The standard InChI is InChI=1S/C45H71FN2O4S/c1-30(2)34-14-21-45(47-24-25-48-26-31(3)53(50,51)32(4)27-48)23-22-42(8)36(39(34)45)10-11-38-41(7)17-15-35(40(5,6)37(41)16-18-43(38,42)9)33-12-19-44(28-46,20-13-33)52-29-49/h12,15,29,31-32,34,36-39,47H,1,10-11,13-14,16-28H2,2-9H3/t31?,32?,34-,36+,37-,38+,39+,41-,42+,43+,44-,45-/m0/s1. The van der Waals surface area contributed by atoms with Crippen molar-refractivity contribution in [1.82, 2.24) is 10.2 Å². The lowest BCUT2D eigenvalue weighted by atomic mass is 9.33. The second-order valence-corrected chi connectivity index (χ2v) is 23.5. The summed E-state index contributed by atoms with van der Waals surface area (Å²) in [5.74, 6) is 3.05. The molecule has 4 saturated carbocycles. The van der Waals surface area contributed by atoms with Crippen molar-refractivity contribution in [2.24, 2.45) is 51.2 Å². The molecule has 6 aliphatic carbocycles. The van der Waals surface area contributed by atoms with E-state index in [0.717, 1.165) is 25.9 Å². The van der Waals surface area contributed by atoms with Crippen molar-refractivity contribution in [2.75, 3.05) is 32.9 Å². The maximum absolute atomic E-state index is 14.0. The minimum absolute atomic E-state index is 0.0232. The summed E-state index contributed by atoms with van der Waals surface area (Å²) in [5, 5.41) is 3.64. The third-order valence-electron chi connectivity index (χ3n) is 18.2. The third kappa shape index (κ3) is 5.93. The first-order valence-corrected chi connectivity index (χ1v) is 22.9. The van der Waals surface area contributed by atoms with Gasteiger partial charge < -0.3 is 10.1 Å². The number of alkyl halides is 1. The monoisotopic (exact) mass is 755 g/mol. The molecule has 0 radical (unpaired) electrons. The van der Waals surface area contributed by atoms with E-state index in [1.165, 1.54) is 68.1 Å². The Morgan fingerprint density at radius 2 is 1.66 bits per heavy atom. The van der Waals surface area contributed by atoms with E-state index < -0.39 is 22.1 Å². The predicted molar refractivity (Wildman–Crippen MR) is 213 cm³/mol. The van der Waals surface area contributed by atoms with Gasteiger partial charge in [0.25, 0.3) is 6.47 Å². The van der Waals surface area contributed by atoms with E-state index in [1.54, 1.807) is 0 Å². The van der Waals surface area contributed by atoms with Crippen molar-refractivity contribution in [3.05, 3.63) is 35.5 Å². The zero-order chi connectivity index (χ0) is 38.4. The zero-order valence-electron chi connectivity index (χ0n) is 34.4. The number of hydrogen-bond acceptors (Lipinski definition) is 6. The van der Waals surface area contributed by atoms with Crippen molar-refractivity contribution in [2.45, 2.75) is 154 Å². The summed E-state index contributed by atoms with van der Waals surface area (Å²) in [7, 11) is -3.02. The van der Waals surface area contributed by atoms with Crippen molar-refractivity contribution >= 4 is 16.3 Å². The van der Waals surface area contributed by atoms with Crippen LogP contribution in [0.15, 0.2) is 35.5 Å². The number of fused-ring (bicyclic) bond motifs is 7. The van der Waals surface area contributed by atoms with Crippen LogP contribution in [0.25, 0.3) is 0 Å². The van der Waals surface area contributed by atoms with Crippen LogP contribution in [0, 0.1) is 51.2 Å². The Bertz CT molecular complexity index is 1620. The molecule has 53 heavy (non-hydrogen) atoms. The maximum Gasteiger partial charge on any atom is 0.293 e. The molecule has 12 atom stereocenters. The number of allylic oxidation sites excluding steroid dienone is 4. The number of halogens is 1. The van der Waals surface area contributed by atoms with Gasteiger partial charge in [0.1, 0.15) is 12.3 Å². The molecule has 0 amide bonds. The SMILES string of the molecule is C=C(C)[C@@H]1CC[C@]2(NCCN3CC(C)S(=O)(=O)C(C)C3)CC[C@]3(C)[C@H](CC[C@@H]4[C@@]5(C)CC=C(C6=CC[C@](CF)(OC=O)CC6)C(C)(C)[C@@H]5CC[C@]43C)[C@@H]12. The molecular formula is C45H71FN2O4S. The van der Waals surface area contributed by atoms with E-state index in [0.29, 0.717) is 62.0 Å². The Kier molecular flexibility index (Phi) is 10.2. The summed E-state index contributed by atoms with van der Waals surface area (Å²) >= 11 is 0. The molecule has 8 heteroatoms. The van der Waals surface area contributed by atoms with Gasteiger partial charge in [-0.2, -0.15) is 0 Å². The highest BCUT2D eigenvalue weighted by Crippen LogP contribution is 2.76. The van der Waals surface area contributed by atoms with Crippen LogP contribution in [0.1, 0.15) is 132 Å². The molecule has 2 unspecified atom stereocenters. The number of carbonyl (C=O) groups is 1. The van der Waals surface area contributed by atoms with Gasteiger partial charge in [0.2, 0.25) is 0 Å². The number of sulfone groups is 1. The topological polar surface area (TPSA) is 75.7 Å². The average Bonchev–Trinajstić information content (AvgIpc) is 3.48. The van der Waals surface area contributed by atoms with Crippen LogP contribution in [-0.4, -0.2) is 74.3 Å². The van der Waals surface area contributed by atoms with E-state index in [1.807, 2.05) is 13.8 Å². The van der Waals surface area contributed by atoms with Crippen LogP contribution in [0.5, 0.6) is 0 Å². The van der Waals surface area contributed by atoms with Crippen LogP contribution in [-0.2, 0) is 19.4 Å². The number of nitrogens with one attached hydrogen (secondary N) is 1. The fraction of sp³-hybridized carbons (Fsp3) is 0.844. The van der Waals surface area contributed by atoms with Gasteiger partial charge in [0, 0.05) is 38.1 Å². The lowest BCUT2D eigenvalue weighted by Crippen LogP contribution is -2.68. The molecule has 298 valence electrons. The number of ether oxygens (including phenoxy) is 1. The van der Waals surface area contributed by atoms with Gasteiger partial charge in [-0.1, -0.05) is 58.9 Å². The fourth-order valence-electron chi connectivity index (χ4n) is 15.1. The summed E-state index contributed by atoms with van der Waals surface area (Å²) in [4.78, 5) is 13.6. The molecule has 7 rings (SSSR count). The van der Waals surface area contributed by atoms with Crippen LogP contribution in [0.2, 0.25) is 0 Å². The Balaban J connectivity index is 1.12. The van der Waals surface area contributed by atoms with Gasteiger partial charge in [0.05, 0.1) is 10.5 Å². The molecule has 7 aliphatic rings. The minimum atomic E-state index is -3.02. The van der Waals surface area contributed by atoms with Crippen molar-refractivity contribution in [3.8, 4) is 0 Å². The number of rotatable bonds is 9. The van der Waals surface area contributed by atoms with E-state index in [9.17, 15) is 17.6 Å². The fourth-order valence-corrected chi connectivity index (χ4v) is 16.8. The number of nitrogens with zero attached hydrogens (tertiary/aromatic N) is 1. The molecule has 5 fully saturated rings. The summed E-state index contributed by atoms with van der Waals surface area (Å²) in [6, 6.07) is 0. The van der Waals surface area contributed by atoms with Gasteiger partial charge in [0.15, 0.2) is 9.84 Å². The Morgan fingerprint density at radius 3 is 2.28 bits per heavy atom. The summed E-state index contributed by atoms with van der Waals surface area (Å²) in [6.45, 7) is 26.6. The molecule has 6 nitrogen and oxygen atoms in total. The van der Waals surface area contributed by atoms with E-state index in [-0.39, 0.29) is 37.7 Å². The highest BCUT2D eigenvalue weighted by molar-refractivity contribution is 7.92. The maximum atomic E-state index is 14.0. The quantitative estimate of drug-likeness (QED) is 0.187. The normalized spacial score (nSPS) is 47.5. The number of carbonyl (C=O) groups excluding carboxylic acids is 1. The zero-order valence-corrected chi connectivity index (χ0v) is 35.2. The van der Waals surface area contributed by atoms with E-state index >= 15 is 0 Å². The molecule has 0 spiro atoms. The molecule has 1 aliphatic heterocycles. The molecular weight excluding hydrogens is 684 g/mol. The predicted octanol–water partition coefficient (Wildman–Crippen LogP) is 9.02. The smallest absolute Gasteiger partial charge is 0.293 e. The highest BCUT2D eigenvalue weighted by Gasteiger charge is 2.70. The summed E-state index contributed by atoms with van der Waals surface area (Å²) < 4.78 is 44.7. The largest absolute Gasteiger partial charge is 0.458 e. The molecule has 0 aromatic carbocycles. The van der Waals surface area contributed by atoms with Crippen molar-refractivity contribution < 1.29 is 22.3 Å². The summed E-state index contributed by atoms with van der Waals surface area (Å²) in [6.07, 6.45) is 17.7. The molecule has 1 heterocycles. The van der Waals surface area contributed by atoms with Gasteiger partial charge in [-0.25, -0.2) is 12.8 Å². The molecule has 0 bridgehead atoms. The van der Waals surface area contributed by atoms with Gasteiger partial charge in [-0.3, -0.25) is 9.69 Å². The first-order chi connectivity index (χ1) is 24.8. The molecule has 1 saturated heterocycles. The number of hydrogen-bond donors (Lipinski definition) is 1. The molecule has 0 aromatic rings. The van der Waals surface area contributed by atoms with E-state index in [2.05, 4.69) is 70.5 Å². The third-order valence-corrected chi connectivity index (χ3v) is 20.7. The second-order valence-electron chi connectivity index (χ2n) is 20.7. The molecule has 0 aromatic heterocycles. The van der Waals surface area contributed by atoms with E-state index in [4.69, 9.17) is 4.74 Å². The van der Waals surface area contributed by atoms with Crippen LogP contribution in [0.4, 0.5) is 4.39 Å². The first kappa shape index (κ1) is 39.7. The van der Waals surface area contributed by atoms with Crippen LogP contribution < -0.4 is 5.32 Å². The lowest BCUT2D eigenvalue weighted by molar-refractivity contribution is -0.221. The minimum Gasteiger partial charge on any atom is -0.458 e. The van der Waals surface area contributed by atoms with Gasteiger partial charge in [-0.05, 0) is 154 Å². The second kappa shape index (κ2) is 13.6.